The average molecular weight is 1140 g/mol. The number of hydrogen-bond acceptors (Lipinski definition) is 17. The fraction of sp³-hybridized carbons (Fsp3) is 0.825. The number of Topliss-reactive ketones (excluding diaryl/α,β-unsaturated/α-hetero) is 5. The van der Waals surface area contributed by atoms with Crippen LogP contribution in [0.25, 0.3) is 0 Å². The zero-order valence-corrected chi connectivity index (χ0v) is 53.1. The lowest BCUT2D eigenvalue weighted by Crippen LogP contribution is -2.30. The van der Waals surface area contributed by atoms with Crippen LogP contribution in [0.3, 0.4) is 0 Å². The Morgan fingerprint density at radius 3 is 0.625 bits per heavy atom. The van der Waals surface area contributed by atoms with Gasteiger partial charge in [-0.25, -0.2) is 4.79 Å². The Kier molecular flexibility index (Phi) is 61.7. The number of ketones is 5. The van der Waals surface area contributed by atoms with Gasteiger partial charge in [-0.1, -0.05) is 175 Å². The topological polar surface area (TPSA) is 243 Å². The Bertz CT molecular complexity index is 1670. The van der Waals surface area contributed by atoms with E-state index in [1.165, 1.54) is 191 Å². The van der Waals surface area contributed by atoms with Crippen LogP contribution in [0.15, 0.2) is 0 Å². The third-order valence-corrected chi connectivity index (χ3v) is 12.6. The van der Waals surface area contributed by atoms with Gasteiger partial charge in [0, 0.05) is 33.1 Å². The highest BCUT2D eigenvalue weighted by molar-refractivity contribution is 5.86. The Morgan fingerprint density at radius 2 is 0.412 bits per heavy atom. The van der Waals surface area contributed by atoms with Crippen molar-refractivity contribution in [1.82, 2.24) is 0 Å². The van der Waals surface area contributed by atoms with Gasteiger partial charge in [0.15, 0.2) is 65.5 Å². The summed E-state index contributed by atoms with van der Waals surface area (Å²) in [7, 11) is 0. The van der Waals surface area contributed by atoms with E-state index in [0.717, 1.165) is 44.9 Å². The molecule has 80 heavy (non-hydrogen) atoms. The van der Waals surface area contributed by atoms with E-state index in [1.54, 1.807) is 27.7 Å². The Hall–Kier alpha value is -4.83. The number of carbonyl (C=O) groups is 11. The summed E-state index contributed by atoms with van der Waals surface area (Å²) in [6.07, 6.45) is 30.9. The summed E-state index contributed by atoms with van der Waals surface area (Å²) in [5.74, 6) is -3.14. The third kappa shape index (κ3) is 65.7. The van der Waals surface area contributed by atoms with Crippen LogP contribution in [-0.2, 0) is 81.2 Å². The third-order valence-electron chi connectivity index (χ3n) is 12.6. The molecule has 0 aromatic heterocycles. The molecule has 0 bridgehead atoms. The smallest absolute Gasteiger partial charge is 0.347 e. The molecule has 0 saturated heterocycles. The molecule has 0 radical (unpaired) electrons. The minimum atomic E-state index is -0.978. The van der Waals surface area contributed by atoms with Crippen molar-refractivity contribution in [2.75, 3.05) is 0 Å². The molecule has 0 amide bonds. The van der Waals surface area contributed by atoms with E-state index < -0.39 is 54.5 Å². The summed E-state index contributed by atoms with van der Waals surface area (Å²) >= 11 is 0. The van der Waals surface area contributed by atoms with E-state index in [2.05, 4.69) is 30.2 Å². The molecule has 17 nitrogen and oxygen atoms in total. The summed E-state index contributed by atoms with van der Waals surface area (Å²) in [6, 6.07) is 0. The normalized spacial score (nSPS) is 12.5. The van der Waals surface area contributed by atoms with Gasteiger partial charge in [0.25, 0.3) is 0 Å². The van der Waals surface area contributed by atoms with E-state index in [1.807, 2.05) is 0 Å². The number of rotatable bonds is 42. The lowest BCUT2D eigenvalue weighted by atomic mass is 10.0. The van der Waals surface area contributed by atoms with Crippen molar-refractivity contribution in [2.45, 2.75) is 340 Å². The van der Waals surface area contributed by atoms with Gasteiger partial charge in [-0.05, 0) is 95.4 Å². The van der Waals surface area contributed by atoms with Gasteiger partial charge in [-0.2, -0.15) is 0 Å². The lowest BCUT2D eigenvalue weighted by Gasteiger charge is -2.14. The van der Waals surface area contributed by atoms with E-state index in [9.17, 15) is 52.7 Å². The van der Waals surface area contributed by atoms with Crippen molar-refractivity contribution in [2.24, 2.45) is 0 Å². The van der Waals surface area contributed by atoms with Gasteiger partial charge < -0.3 is 28.4 Å². The molecule has 0 N–H and O–H groups in total. The number of ether oxygens (including phenoxy) is 6. The molecule has 6 atom stereocenters. The van der Waals surface area contributed by atoms with Gasteiger partial charge in [0.1, 0.15) is 0 Å². The van der Waals surface area contributed by atoms with Gasteiger partial charge in [0.2, 0.25) is 0 Å². The van der Waals surface area contributed by atoms with Crippen molar-refractivity contribution >= 4 is 64.7 Å². The highest BCUT2D eigenvalue weighted by atomic mass is 16.6. The second-order valence-electron chi connectivity index (χ2n) is 20.8. The minimum absolute atomic E-state index is 0.0927. The maximum absolute atomic E-state index is 11.5. The monoisotopic (exact) mass is 1140 g/mol. The molecule has 0 aromatic rings. The highest BCUT2D eigenvalue weighted by Crippen LogP contribution is 2.15. The Balaban J connectivity index is -0.000000305. The molecule has 0 fully saturated rings. The molecule has 6 unspecified atom stereocenters. The summed E-state index contributed by atoms with van der Waals surface area (Å²) in [5, 5.41) is 0. The van der Waals surface area contributed by atoms with Crippen molar-refractivity contribution in [3.63, 3.8) is 0 Å². The summed E-state index contributed by atoms with van der Waals surface area (Å²) in [5.41, 5.74) is 0. The van der Waals surface area contributed by atoms with Gasteiger partial charge in [-0.15, -0.1) is 0 Å². The van der Waals surface area contributed by atoms with Crippen LogP contribution in [0.5, 0.6) is 0 Å². The molecular formula is C63H114O17. The first kappa shape index (κ1) is 84.0. The zero-order valence-electron chi connectivity index (χ0n) is 53.1. The van der Waals surface area contributed by atoms with Crippen LogP contribution in [0.1, 0.15) is 303 Å². The van der Waals surface area contributed by atoms with E-state index in [-0.39, 0.29) is 46.8 Å². The van der Waals surface area contributed by atoms with E-state index >= 15 is 0 Å². The minimum Gasteiger partial charge on any atom is -0.455 e. The lowest BCUT2D eigenvalue weighted by molar-refractivity contribution is -0.170. The molecule has 0 spiro atoms. The van der Waals surface area contributed by atoms with Crippen LogP contribution >= 0.6 is 0 Å². The fourth-order valence-corrected chi connectivity index (χ4v) is 6.74. The first-order valence-corrected chi connectivity index (χ1v) is 30.3. The van der Waals surface area contributed by atoms with Gasteiger partial charge in [-0.3, -0.25) is 47.9 Å². The summed E-state index contributed by atoms with van der Waals surface area (Å²) in [6.45, 7) is 25.3. The fourth-order valence-electron chi connectivity index (χ4n) is 6.74. The Morgan fingerprint density at radius 1 is 0.237 bits per heavy atom. The molecule has 17 heteroatoms. The molecule has 0 aromatic carbocycles. The van der Waals surface area contributed by atoms with Gasteiger partial charge in [0.05, 0.1) is 0 Å². The number of carbonyl (C=O) groups excluding carboxylic acids is 11. The number of hydrogen-bond donors (Lipinski definition) is 0. The Labute approximate surface area is 484 Å². The van der Waals surface area contributed by atoms with Crippen molar-refractivity contribution in [3.05, 3.63) is 0 Å². The molecule has 0 heterocycles. The number of unbranched alkanes of at least 4 members (excludes halogenated alkanes) is 24. The molecule has 468 valence electrons. The zero-order chi connectivity index (χ0) is 62.3. The number of esters is 6. The quantitative estimate of drug-likeness (QED) is 0.0313. The molecule has 0 aliphatic heterocycles. The van der Waals surface area contributed by atoms with Crippen LogP contribution in [0.2, 0.25) is 0 Å². The highest BCUT2D eigenvalue weighted by Gasteiger charge is 2.22. The SMILES string of the molecule is CC(=O)OC(C)C(=O)OC(C)C(C)=O.CC(=O)OC(C)C(C)=O.CCCCCC(=O)OC(C)C(C)=O.CCCCCCCCCCCC(=O)OC(C)C(C)=O.CCCCCCCCCCCCCCCCCC(=O)OC(C)C(C)=O. The second kappa shape index (κ2) is 58.8. The average Bonchev–Trinajstić information content (AvgIpc) is 3.37. The van der Waals surface area contributed by atoms with Crippen molar-refractivity contribution in [3.8, 4) is 0 Å². The molecular weight excluding hydrogens is 1030 g/mol. The van der Waals surface area contributed by atoms with Gasteiger partial charge >= 0.3 is 35.8 Å². The van der Waals surface area contributed by atoms with Crippen molar-refractivity contribution in [1.29, 1.82) is 0 Å². The van der Waals surface area contributed by atoms with Crippen LogP contribution in [0, 0.1) is 0 Å². The standard InChI is InChI=1S/C22H42O3.C16H30O3.C10H18O3.C9H14O5.C6H10O3/c1-4-5-6-7-8-9-10-11-12-13-14-15-16-17-18-19-22(24)25-21(3)20(2)23;1-4-5-6-7-8-9-10-11-12-13-16(18)19-15(3)14(2)17;1-4-5-6-7-10(12)13-9(3)8(2)11;1-5(10)6(2)14-9(12)7(3)13-8(4)11;1-4(7)5(2)9-6(3)8/h21H,4-19H2,1-3H3;15H,4-13H2,1-3H3;9H,4-7H2,1-3H3;6-7H,1-4H3;5H,1-3H3. The first-order chi connectivity index (χ1) is 37.6. The van der Waals surface area contributed by atoms with Crippen LogP contribution in [0.4, 0.5) is 0 Å². The summed E-state index contributed by atoms with van der Waals surface area (Å²) < 4.78 is 28.7. The molecule has 0 saturated carbocycles. The first-order valence-electron chi connectivity index (χ1n) is 30.3. The van der Waals surface area contributed by atoms with Crippen LogP contribution in [-0.4, -0.2) is 101 Å². The van der Waals surface area contributed by atoms with Crippen LogP contribution < -0.4 is 0 Å². The molecule has 0 aliphatic carbocycles. The predicted molar refractivity (Wildman–Crippen MR) is 314 cm³/mol. The maximum atomic E-state index is 11.5. The van der Waals surface area contributed by atoms with E-state index in [4.69, 9.17) is 18.9 Å². The largest absolute Gasteiger partial charge is 0.455 e. The predicted octanol–water partition coefficient (Wildman–Crippen LogP) is 14.3. The molecule has 0 rings (SSSR count). The van der Waals surface area contributed by atoms with E-state index in [0.29, 0.717) is 19.3 Å². The second-order valence-corrected chi connectivity index (χ2v) is 20.8. The van der Waals surface area contributed by atoms with Crippen molar-refractivity contribution < 1.29 is 81.2 Å². The molecule has 0 aliphatic rings. The summed E-state index contributed by atoms with van der Waals surface area (Å²) in [4.78, 5) is 120. The maximum Gasteiger partial charge on any atom is 0.347 e.